The van der Waals surface area contributed by atoms with E-state index in [0.717, 1.165) is 13.1 Å². The lowest BCUT2D eigenvalue weighted by Crippen LogP contribution is -2.45. The Hall–Kier alpha value is -1.50. The number of aromatic nitrogens is 4. The van der Waals surface area contributed by atoms with Gasteiger partial charge in [0.25, 0.3) is 0 Å². The van der Waals surface area contributed by atoms with E-state index in [1.165, 1.54) is 23.9 Å². The number of piperidine rings is 1. The molecule has 17 heavy (non-hydrogen) atoms. The van der Waals surface area contributed by atoms with Crippen molar-refractivity contribution in [1.29, 1.82) is 0 Å². The molecule has 2 unspecified atom stereocenters. The molecule has 0 radical (unpaired) electrons. The highest BCUT2D eigenvalue weighted by atomic mass is 16.2. The first kappa shape index (κ1) is 12.0. The van der Waals surface area contributed by atoms with Gasteiger partial charge in [0, 0.05) is 6.04 Å². The maximum absolute atomic E-state index is 11.7. The first-order valence-corrected chi connectivity index (χ1v) is 5.96. The second-order valence-electron chi connectivity index (χ2n) is 4.47. The van der Waals surface area contributed by atoms with Crippen molar-refractivity contribution in [1.82, 2.24) is 30.8 Å². The highest BCUT2D eigenvalue weighted by molar-refractivity contribution is 5.75. The molecule has 1 aromatic rings. The van der Waals surface area contributed by atoms with E-state index in [1.807, 2.05) is 0 Å². The maximum atomic E-state index is 11.7. The first-order valence-electron chi connectivity index (χ1n) is 5.96. The van der Waals surface area contributed by atoms with Crippen LogP contribution in [-0.4, -0.2) is 45.2 Å². The van der Waals surface area contributed by atoms with Gasteiger partial charge >= 0.3 is 0 Å². The van der Waals surface area contributed by atoms with Crippen LogP contribution >= 0.6 is 0 Å². The Morgan fingerprint density at radius 1 is 1.71 bits per heavy atom. The highest BCUT2D eigenvalue weighted by Crippen LogP contribution is 2.13. The van der Waals surface area contributed by atoms with Crippen LogP contribution in [0.3, 0.4) is 0 Å². The fourth-order valence-corrected chi connectivity index (χ4v) is 2.12. The first-order chi connectivity index (χ1) is 8.25. The van der Waals surface area contributed by atoms with Crippen molar-refractivity contribution in [3.63, 3.8) is 0 Å². The second-order valence-corrected chi connectivity index (χ2v) is 4.47. The van der Waals surface area contributed by atoms with Crippen LogP contribution in [-0.2, 0) is 11.3 Å². The Labute approximate surface area is 100.0 Å². The van der Waals surface area contributed by atoms with Gasteiger partial charge in [-0.25, -0.2) is 4.68 Å². The van der Waals surface area contributed by atoms with Gasteiger partial charge in [0.2, 0.25) is 5.91 Å². The lowest BCUT2D eigenvalue weighted by molar-refractivity contribution is -0.122. The molecular weight excluding hydrogens is 220 g/mol. The van der Waals surface area contributed by atoms with Gasteiger partial charge in [-0.15, -0.1) is 5.10 Å². The van der Waals surface area contributed by atoms with E-state index in [-0.39, 0.29) is 18.5 Å². The van der Waals surface area contributed by atoms with Crippen molar-refractivity contribution >= 4 is 5.91 Å². The van der Waals surface area contributed by atoms with Gasteiger partial charge in [0.15, 0.2) is 0 Å². The predicted molar refractivity (Wildman–Crippen MR) is 61.0 cm³/mol. The summed E-state index contributed by atoms with van der Waals surface area (Å²) in [7, 11) is 0. The minimum atomic E-state index is -0.0460. The minimum absolute atomic E-state index is 0.0460. The second kappa shape index (κ2) is 5.72. The Morgan fingerprint density at radius 3 is 3.24 bits per heavy atom. The van der Waals surface area contributed by atoms with Gasteiger partial charge in [0.05, 0.1) is 0 Å². The van der Waals surface area contributed by atoms with Gasteiger partial charge in [-0.05, 0) is 49.2 Å². The van der Waals surface area contributed by atoms with Crippen LogP contribution in [0.25, 0.3) is 0 Å². The third kappa shape index (κ3) is 3.48. The smallest absolute Gasteiger partial charge is 0.242 e. The summed E-state index contributed by atoms with van der Waals surface area (Å²) < 4.78 is 1.42. The van der Waals surface area contributed by atoms with Crippen molar-refractivity contribution in [3.05, 3.63) is 6.33 Å². The van der Waals surface area contributed by atoms with Crippen molar-refractivity contribution in [3.8, 4) is 0 Å². The van der Waals surface area contributed by atoms with E-state index in [1.54, 1.807) is 0 Å². The molecule has 0 spiro atoms. The molecule has 0 bridgehead atoms. The number of nitrogens with zero attached hydrogens (tertiary/aromatic N) is 4. The molecule has 2 atom stereocenters. The number of hydrogen-bond acceptors (Lipinski definition) is 5. The normalized spacial score (nSPS) is 22.1. The Kier molecular flexibility index (Phi) is 4.03. The monoisotopic (exact) mass is 238 g/mol. The van der Waals surface area contributed by atoms with Crippen molar-refractivity contribution in [2.24, 2.45) is 5.92 Å². The summed E-state index contributed by atoms with van der Waals surface area (Å²) in [6, 6.07) is 0.187. The molecule has 7 nitrogen and oxygen atoms in total. The van der Waals surface area contributed by atoms with E-state index in [0.29, 0.717) is 5.92 Å². The molecule has 0 aliphatic carbocycles. The summed E-state index contributed by atoms with van der Waals surface area (Å²) in [4.78, 5) is 11.7. The molecular formula is C10H18N6O. The van der Waals surface area contributed by atoms with Crippen LogP contribution < -0.4 is 10.6 Å². The summed E-state index contributed by atoms with van der Waals surface area (Å²) in [6.07, 6.45) is 3.78. The zero-order valence-electron chi connectivity index (χ0n) is 9.96. The molecule has 0 saturated carbocycles. The summed E-state index contributed by atoms with van der Waals surface area (Å²) in [6.45, 7) is 4.29. The quantitative estimate of drug-likeness (QED) is 0.715. The number of rotatable bonds is 4. The largest absolute Gasteiger partial charge is 0.352 e. The number of carbonyl (C=O) groups is 1. The summed E-state index contributed by atoms with van der Waals surface area (Å²) in [5.41, 5.74) is 0. The molecule has 2 rings (SSSR count). The Balaban J connectivity index is 1.77. The van der Waals surface area contributed by atoms with Gasteiger partial charge in [-0.3, -0.25) is 4.79 Å². The summed E-state index contributed by atoms with van der Waals surface area (Å²) >= 11 is 0. The topological polar surface area (TPSA) is 84.7 Å². The lowest BCUT2D eigenvalue weighted by atomic mass is 9.93. The summed E-state index contributed by atoms with van der Waals surface area (Å²) in [5.74, 6) is 0.469. The Morgan fingerprint density at radius 2 is 2.59 bits per heavy atom. The minimum Gasteiger partial charge on any atom is -0.352 e. The van der Waals surface area contributed by atoms with Crippen LogP contribution in [0.2, 0.25) is 0 Å². The average molecular weight is 238 g/mol. The van der Waals surface area contributed by atoms with E-state index in [2.05, 4.69) is 33.1 Å². The van der Waals surface area contributed by atoms with Crippen LogP contribution in [0.5, 0.6) is 0 Å². The van der Waals surface area contributed by atoms with E-state index >= 15 is 0 Å². The van der Waals surface area contributed by atoms with Crippen LogP contribution in [0, 0.1) is 5.92 Å². The average Bonchev–Trinajstić information content (AvgIpc) is 2.82. The fourth-order valence-electron chi connectivity index (χ4n) is 2.12. The molecule has 1 aromatic heterocycles. The van der Waals surface area contributed by atoms with Crippen molar-refractivity contribution < 1.29 is 4.79 Å². The molecule has 1 saturated heterocycles. The molecule has 1 aliphatic rings. The Bertz CT molecular complexity index is 346. The maximum Gasteiger partial charge on any atom is 0.242 e. The van der Waals surface area contributed by atoms with Crippen molar-refractivity contribution in [2.75, 3.05) is 13.1 Å². The van der Waals surface area contributed by atoms with E-state index in [4.69, 9.17) is 0 Å². The lowest BCUT2D eigenvalue weighted by Gasteiger charge is -2.28. The number of amides is 1. The van der Waals surface area contributed by atoms with E-state index in [9.17, 15) is 4.79 Å². The SMILES string of the molecule is CC(NC(=O)Cn1cnnn1)C1CCCNC1. The summed E-state index contributed by atoms with van der Waals surface area (Å²) in [5, 5.41) is 17.0. The number of carbonyl (C=O) groups excluding carboxylic acids is 1. The molecule has 0 aromatic carbocycles. The van der Waals surface area contributed by atoms with Crippen LogP contribution in [0.1, 0.15) is 19.8 Å². The predicted octanol–water partition coefficient (Wildman–Crippen LogP) is -0.823. The van der Waals surface area contributed by atoms with Crippen LogP contribution in [0.4, 0.5) is 0 Å². The molecule has 1 fully saturated rings. The molecule has 7 heteroatoms. The molecule has 2 N–H and O–H groups in total. The molecule has 2 heterocycles. The number of hydrogen-bond donors (Lipinski definition) is 2. The number of nitrogens with one attached hydrogen (secondary N) is 2. The fraction of sp³-hybridized carbons (Fsp3) is 0.800. The zero-order chi connectivity index (χ0) is 12.1. The highest BCUT2D eigenvalue weighted by Gasteiger charge is 2.21. The number of tetrazole rings is 1. The third-order valence-corrected chi connectivity index (χ3v) is 3.13. The molecule has 1 aliphatic heterocycles. The molecule has 94 valence electrons. The van der Waals surface area contributed by atoms with E-state index < -0.39 is 0 Å². The van der Waals surface area contributed by atoms with Gasteiger partial charge in [0.1, 0.15) is 12.9 Å². The standard InChI is InChI=1S/C10H18N6O/c1-8(9-3-2-4-11-5-9)13-10(17)6-16-7-12-14-15-16/h7-9,11H,2-6H2,1H3,(H,13,17). The zero-order valence-corrected chi connectivity index (χ0v) is 9.96. The molecule has 1 amide bonds. The van der Waals surface area contributed by atoms with Crippen LogP contribution in [0.15, 0.2) is 6.33 Å². The van der Waals surface area contributed by atoms with Gasteiger partial charge in [-0.1, -0.05) is 0 Å². The van der Waals surface area contributed by atoms with Gasteiger partial charge in [-0.2, -0.15) is 0 Å². The van der Waals surface area contributed by atoms with Gasteiger partial charge < -0.3 is 10.6 Å². The third-order valence-electron chi connectivity index (χ3n) is 3.13. The van der Waals surface area contributed by atoms with Crippen molar-refractivity contribution in [2.45, 2.75) is 32.4 Å².